The molecule has 0 aromatic heterocycles. The lowest BCUT2D eigenvalue weighted by Gasteiger charge is -2.21. The lowest BCUT2D eigenvalue weighted by molar-refractivity contribution is -0.137. The maximum Gasteiger partial charge on any atom is 0.418 e. The molecular weight excluding hydrogens is 385 g/mol. The number of carbonyl (C=O) groups is 2. The van der Waals surface area contributed by atoms with E-state index in [-0.39, 0.29) is 18.8 Å². The summed E-state index contributed by atoms with van der Waals surface area (Å²) in [6.45, 7) is 5.38. The summed E-state index contributed by atoms with van der Waals surface area (Å²) in [5.41, 5.74) is -0.962. The topological polar surface area (TPSA) is 58.6 Å². The average Bonchev–Trinajstić information content (AvgIpc) is 2.70. The molecule has 29 heavy (non-hydrogen) atoms. The number of anilines is 1. The van der Waals surface area contributed by atoms with E-state index < -0.39 is 23.6 Å². The van der Waals surface area contributed by atoms with E-state index in [0.29, 0.717) is 17.9 Å². The number of para-hydroxylation sites is 1. The number of benzene rings is 2. The Labute approximate surface area is 166 Å². The maximum atomic E-state index is 13.1. The highest BCUT2D eigenvalue weighted by atomic mass is 19.4. The Morgan fingerprint density at radius 1 is 1.14 bits per heavy atom. The standard InChI is InChI=1S/C21H21F3N2O3/c1-3-13-29-16-11-9-15(10-12-16)20(28)26(4-2)14-19(27)25-18-8-6-5-7-17(18)21(22,23)24/h3,5-12H,1,4,13-14H2,2H3,(H,25,27). The molecule has 2 aromatic rings. The molecule has 0 spiro atoms. The van der Waals surface area contributed by atoms with Crippen LogP contribution in [0.5, 0.6) is 5.75 Å². The first-order chi connectivity index (χ1) is 13.8. The first-order valence-electron chi connectivity index (χ1n) is 8.85. The third kappa shape index (κ3) is 6.10. The van der Waals surface area contributed by atoms with Crippen molar-refractivity contribution in [2.75, 3.05) is 25.0 Å². The van der Waals surface area contributed by atoms with Gasteiger partial charge in [-0.1, -0.05) is 24.8 Å². The SMILES string of the molecule is C=CCOc1ccc(C(=O)N(CC)CC(=O)Nc2ccccc2C(F)(F)F)cc1. The molecule has 154 valence electrons. The summed E-state index contributed by atoms with van der Waals surface area (Å²) in [4.78, 5) is 26.1. The molecule has 0 radical (unpaired) electrons. The number of ether oxygens (including phenoxy) is 1. The Bertz CT molecular complexity index is 864. The monoisotopic (exact) mass is 406 g/mol. The van der Waals surface area contributed by atoms with Gasteiger partial charge in [0.25, 0.3) is 5.91 Å². The first kappa shape index (κ1) is 22.0. The lowest BCUT2D eigenvalue weighted by atomic mass is 10.1. The zero-order valence-corrected chi connectivity index (χ0v) is 15.8. The summed E-state index contributed by atoms with van der Waals surface area (Å²) in [7, 11) is 0. The molecular formula is C21H21F3N2O3. The summed E-state index contributed by atoms with van der Waals surface area (Å²) in [5.74, 6) is -0.573. The van der Waals surface area contributed by atoms with Crippen LogP contribution in [0.15, 0.2) is 61.2 Å². The van der Waals surface area contributed by atoms with Gasteiger partial charge in [-0.2, -0.15) is 13.2 Å². The molecule has 0 aliphatic rings. The highest BCUT2D eigenvalue weighted by Gasteiger charge is 2.33. The molecule has 5 nitrogen and oxygen atoms in total. The molecule has 0 saturated carbocycles. The number of carbonyl (C=O) groups excluding carboxylic acids is 2. The predicted molar refractivity (Wildman–Crippen MR) is 104 cm³/mol. The van der Waals surface area contributed by atoms with Crippen molar-refractivity contribution in [2.45, 2.75) is 13.1 Å². The molecule has 0 unspecified atom stereocenters. The molecule has 0 bridgehead atoms. The predicted octanol–water partition coefficient (Wildman–Crippen LogP) is 4.37. The fourth-order valence-corrected chi connectivity index (χ4v) is 2.56. The van der Waals surface area contributed by atoms with Gasteiger partial charge in [0.05, 0.1) is 11.3 Å². The quantitative estimate of drug-likeness (QED) is 0.663. The van der Waals surface area contributed by atoms with Gasteiger partial charge in [-0.15, -0.1) is 0 Å². The highest BCUT2D eigenvalue weighted by Crippen LogP contribution is 2.34. The van der Waals surface area contributed by atoms with Gasteiger partial charge in [-0.25, -0.2) is 0 Å². The smallest absolute Gasteiger partial charge is 0.418 e. The normalized spacial score (nSPS) is 10.9. The molecule has 1 N–H and O–H groups in total. The minimum atomic E-state index is -4.60. The van der Waals surface area contributed by atoms with Crippen LogP contribution in [0.3, 0.4) is 0 Å². The molecule has 0 heterocycles. The van der Waals surface area contributed by atoms with Crippen LogP contribution in [0.4, 0.5) is 18.9 Å². The van der Waals surface area contributed by atoms with E-state index in [1.165, 1.54) is 23.1 Å². The minimum Gasteiger partial charge on any atom is -0.490 e. The van der Waals surface area contributed by atoms with Crippen LogP contribution in [-0.2, 0) is 11.0 Å². The molecule has 0 atom stereocenters. The Balaban J connectivity index is 2.06. The van der Waals surface area contributed by atoms with Crippen molar-refractivity contribution in [3.8, 4) is 5.75 Å². The van der Waals surface area contributed by atoms with Gasteiger partial charge >= 0.3 is 6.18 Å². The highest BCUT2D eigenvalue weighted by molar-refractivity contribution is 5.99. The number of halogens is 3. The Kier molecular flexibility index (Phi) is 7.41. The van der Waals surface area contributed by atoms with Gasteiger partial charge < -0.3 is 15.0 Å². The van der Waals surface area contributed by atoms with Gasteiger partial charge in [0.2, 0.25) is 5.91 Å². The van der Waals surface area contributed by atoms with E-state index in [9.17, 15) is 22.8 Å². The number of rotatable bonds is 8. The van der Waals surface area contributed by atoms with Crippen molar-refractivity contribution in [3.63, 3.8) is 0 Å². The third-order valence-corrected chi connectivity index (χ3v) is 3.98. The van der Waals surface area contributed by atoms with Crippen LogP contribution >= 0.6 is 0 Å². The van der Waals surface area contributed by atoms with Gasteiger partial charge in [-0.3, -0.25) is 9.59 Å². The number of amides is 2. The molecule has 2 amide bonds. The molecule has 0 aliphatic carbocycles. The third-order valence-electron chi connectivity index (χ3n) is 3.98. The molecule has 2 rings (SSSR count). The number of hydrogen-bond donors (Lipinski definition) is 1. The number of nitrogens with zero attached hydrogens (tertiary/aromatic N) is 1. The van der Waals surface area contributed by atoms with E-state index in [1.807, 2.05) is 0 Å². The largest absolute Gasteiger partial charge is 0.490 e. The zero-order chi connectivity index (χ0) is 21.4. The summed E-state index contributed by atoms with van der Waals surface area (Å²) in [5, 5.41) is 2.24. The van der Waals surface area contributed by atoms with E-state index in [0.717, 1.165) is 6.07 Å². The van der Waals surface area contributed by atoms with Crippen molar-refractivity contribution in [2.24, 2.45) is 0 Å². The van der Waals surface area contributed by atoms with Crippen molar-refractivity contribution in [3.05, 3.63) is 72.3 Å². The second-order valence-electron chi connectivity index (χ2n) is 6.03. The second-order valence-corrected chi connectivity index (χ2v) is 6.03. The van der Waals surface area contributed by atoms with E-state index in [1.54, 1.807) is 37.3 Å². The van der Waals surface area contributed by atoms with Crippen molar-refractivity contribution < 1.29 is 27.5 Å². The van der Waals surface area contributed by atoms with Gasteiger partial charge in [-0.05, 0) is 43.3 Å². The van der Waals surface area contributed by atoms with Crippen LogP contribution < -0.4 is 10.1 Å². The minimum absolute atomic E-state index is 0.210. The van der Waals surface area contributed by atoms with Crippen LogP contribution in [0.2, 0.25) is 0 Å². The van der Waals surface area contributed by atoms with Crippen LogP contribution in [0.1, 0.15) is 22.8 Å². The van der Waals surface area contributed by atoms with Crippen molar-refractivity contribution in [1.29, 1.82) is 0 Å². The van der Waals surface area contributed by atoms with Gasteiger partial charge in [0.15, 0.2) is 0 Å². The Hall–Kier alpha value is -3.29. The summed E-state index contributed by atoms with van der Waals surface area (Å²) < 4.78 is 44.5. The van der Waals surface area contributed by atoms with Gasteiger partial charge in [0.1, 0.15) is 18.9 Å². The van der Waals surface area contributed by atoms with E-state index >= 15 is 0 Å². The van der Waals surface area contributed by atoms with Crippen molar-refractivity contribution >= 4 is 17.5 Å². The van der Waals surface area contributed by atoms with Crippen LogP contribution in [-0.4, -0.2) is 36.4 Å². The lowest BCUT2D eigenvalue weighted by Crippen LogP contribution is -2.38. The number of hydrogen-bond acceptors (Lipinski definition) is 3. The molecule has 2 aromatic carbocycles. The molecule has 0 aliphatic heterocycles. The van der Waals surface area contributed by atoms with Gasteiger partial charge in [0, 0.05) is 12.1 Å². The van der Waals surface area contributed by atoms with Crippen LogP contribution in [0.25, 0.3) is 0 Å². The average molecular weight is 406 g/mol. The summed E-state index contributed by atoms with van der Waals surface area (Å²) >= 11 is 0. The number of likely N-dealkylation sites (N-methyl/N-ethyl adjacent to an activating group) is 1. The molecule has 0 saturated heterocycles. The number of alkyl halides is 3. The van der Waals surface area contributed by atoms with E-state index in [4.69, 9.17) is 4.74 Å². The maximum absolute atomic E-state index is 13.1. The van der Waals surface area contributed by atoms with E-state index in [2.05, 4.69) is 11.9 Å². The fourth-order valence-electron chi connectivity index (χ4n) is 2.56. The Morgan fingerprint density at radius 2 is 1.79 bits per heavy atom. The summed E-state index contributed by atoms with van der Waals surface area (Å²) in [6.07, 6.45) is -3.01. The molecule has 0 fully saturated rings. The number of nitrogens with one attached hydrogen (secondary N) is 1. The Morgan fingerprint density at radius 3 is 2.38 bits per heavy atom. The molecule has 8 heteroatoms. The van der Waals surface area contributed by atoms with Crippen LogP contribution in [0, 0.1) is 0 Å². The fraction of sp³-hybridized carbons (Fsp3) is 0.238. The second kappa shape index (κ2) is 9.77. The zero-order valence-electron chi connectivity index (χ0n) is 15.8. The van der Waals surface area contributed by atoms with Crippen molar-refractivity contribution in [1.82, 2.24) is 4.90 Å². The first-order valence-corrected chi connectivity index (χ1v) is 8.85. The summed E-state index contributed by atoms with van der Waals surface area (Å²) in [6, 6.07) is 11.0.